The molecule has 1 aromatic heterocycles. The van der Waals surface area contributed by atoms with Crippen LogP contribution >= 0.6 is 0 Å². The van der Waals surface area contributed by atoms with E-state index in [1.165, 1.54) is 7.11 Å². The third kappa shape index (κ3) is 2.83. The van der Waals surface area contributed by atoms with Crippen molar-refractivity contribution in [1.29, 1.82) is 0 Å². The maximum Gasteiger partial charge on any atom is 0.338 e. The molecule has 0 spiro atoms. The van der Waals surface area contributed by atoms with Crippen LogP contribution in [-0.2, 0) is 4.74 Å². The van der Waals surface area contributed by atoms with Crippen LogP contribution in [-0.4, -0.2) is 19.7 Å². The summed E-state index contributed by atoms with van der Waals surface area (Å²) in [5, 5.41) is 0. The van der Waals surface area contributed by atoms with E-state index in [1.54, 1.807) is 30.3 Å². The number of methoxy groups -OCH3 is 1. The highest BCUT2D eigenvalue weighted by Gasteiger charge is 2.12. The zero-order chi connectivity index (χ0) is 14.5. The normalized spacial score (nSPS) is 9.85. The van der Waals surface area contributed by atoms with E-state index < -0.39 is 5.97 Å². The van der Waals surface area contributed by atoms with E-state index in [0.29, 0.717) is 35.0 Å². The standard InChI is InChI=1S/C16H14O4/c1-4-13-6-7-15(20-13)11-8-12(16(17)18-3)10-14(9-11)19-5-2/h1,6-10H,5H2,2-3H3. The van der Waals surface area contributed by atoms with Gasteiger partial charge in [-0.15, -0.1) is 6.42 Å². The van der Waals surface area contributed by atoms with E-state index in [4.69, 9.17) is 20.3 Å². The minimum Gasteiger partial charge on any atom is -0.494 e. The molecule has 0 saturated carbocycles. The summed E-state index contributed by atoms with van der Waals surface area (Å²) >= 11 is 0. The molecular weight excluding hydrogens is 256 g/mol. The van der Waals surface area contributed by atoms with Gasteiger partial charge in [0.25, 0.3) is 0 Å². The molecule has 0 fully saturated rings. The number of terminal acetylenes is 1. The second kappa shape index (κ2) is 5.98. The van der Waals surface area contributed by atoms with Gasteiger partial charge >= 0.3 is 5.97 Å². The van der Waals surface area contributed by atoms with Crippen LogP contribution in [0, 0.1) is 12.3 Å². The number of furan rings is 1. The Morgan fingerprint density at radius 1 is 1.35 bits per heavy atom. The molecule has 2 aromatic rings. The fourth-order valence-corrected chi connectivity index (χ4v) is 1.80. The molecule has 1 aromatic carbocycles. The molecule has 0 N–H and O–H groups in total. The monoisotopic (exact) mass is 270 g/mol. The largest absolute Gasteiger partial charge is 0.494 e. The van der Waals surface area contributed by atoms with Crippen molar-refractivity contribution in [3.8, 4) is 29.4 Å². The van der Waals surface area contributed by atoms with E-state index in [2.05, 4.69) is 5.92 Å². The van der Waals surface area contributed by atoms with Gasteiger partial charge in [-0.2, -0.15) is 0 Å². The second-order valence-electron chi connectivity index (χ2n) is 3.98. The van der Waals surface area contributed by atoms with Gasteiger partial charge in [-0.3, -0.25) is 0 Å². The molecule has 0 bridgehead atoms. The minimum atomic E-state index is -0.434. The number of benzene rings is 1. The van der Waals surface area contributed by atoms with Gasteiger partial charge in [-0.25, -0.2) is 4.79 Å². The molecule has 102 valence electrons. The highest BCUT2D eigenvalue weighted by atomic mass is 16.5. The van der Waals surface area contributed by atoms with Gasteiger partial charge in [0, 0.05) is 5.56 Å². The van der Waals surface area contributed by atoms with Gasteiger partial charge in [0.1, 0.15) is 11.5 Å². The van der Waals surface area contributed by atoms with Crippen molar-refractivity contribution in [2.24, 2.45) is 0 Å². The van der Waals surface area contributed by atoms with Crippen LogP contribution in [0.15, 0.2) is 34.7 Å². The summed E-state index contributed by atoms with van der Waals surface area (Å²) in [6.07, 6.45) is 5.28. The lowest BCUT2D eigenvalue weighted by atomic mass is 10.1. The Kier molecular flexibility index (Phi) is 4.11. The van der Waals surface area contributed by atoms with Crippen molar-refractivity contribution >= 4 is 5.97 Å². The van der Waals surface area contributed by atoms with Gasteiger partial charge in [-0.05, 0) is 43.2 Å². The van der Waals surface area contributed by atoms with E-state index >= 15 is 0 Å². The predicted octanol–water partition coefficient (Wildman–Crippen LogP) is 3.11. The molecule has 1 heterocycles. The van der Waals surface area contributed by atoms with Gasteiger partial charge in [0.2, 0.25) is 0 Å². The number of carbonyl (C=O) groups is 1. The van der Waals surface area contributed by atoms with Crippen LogP contribution in [0.3, 0.4) is 0 Å². The Balaban J connectivity index is 2.48. The summed E-state index contributed by atoms with van der Waals surface area (Å²) in [5.74, 6) is 3.56. The number of carbonyl (C=O) groups excluding carboxylic acids is 1. The van der Waals surface area contributed by atoms with Gasteiger partial charge < -0.3 is 13.9 Å². The van der Waals surface area contributed by atoms with Crippen molar-refractivity contribution in [2.45, 2.75) is 6.92 Å². The molecule has 0 amide bonds. The minimum absolute atomic E-state index is 0.395. The molecule has 0 saturated heterocycles. The SMILES string of the molecule is C#Cc1ccc(-c2cc(OCC)cc(C(=O)OC)c2)o1. The fourth-order valence-electron chi connectivity index (χ4n) is 1.80. The first kappa shape index (κ1) is 13.8. The summed E-state index contributed by atoms with van der Waals surface area (Å²) in [5.41, 5.74) is 1.10. The van der Waals surface area contributed by atoms with Crippen LogP contribution in [0.5, 0.6) is 5.75 Å². The molecule has 0 atom stereocenters. The van der Waals surface area contributed by atoms with Crippen molar-refractivity contribution in [1.82, 2.24) is 0 Å². The quantitative estimate of drug-likeness (QED) is 0.632. The molecule has 4 nitrogen and oxygen atoms in total. The Morgan fingerprint density at radius 2 is 2.15 bits per heavy atom. The molecule has 2 rings (SSSR count). The molecule has 0 radical (unpaired) electrons. The first-order valence-corrected chi connectivity index (χ1v) is 6.11. The topological polar surface area (TPSA) is 48.7 Å². The smallest absolute Gasteiger partial charge is 0.338 e. The number of hydrogen-bond acceptors (Lipinski definition) is 4. The number of rotatable bonds is 4. The van der Waals surface area contributed by atoms with Gasteiger partial charge in [0.15, 0.2) is 5.76 Å². The highest BCUT2D eigenvalue weighted by Crippen LogP contribution is 2.28. The zero-order valence-electron chi connectivity index (χ0n) is 11.3. The number of ether oxygens (including phenoxy) is 2. The van der Waals surface area contributed by atoms with E-state index in [1.807, 2.05) is 6.92 Å². The van der Waals surface area contributed by atoms with Crippen LogP contribution in [0.25, 0.3) is 11.3 Å². The molecule has 0 unspecified atom stereocenters. The number of hydrogen-bond donors (Lipinski definition) is 0. The summed E-state index contributed by atoms with van der Waals surface area (Å²) in [7, 11) is 1.33. The third-order valence-electron chi connectivity index (χ3n) is 2.67. The maximum atomic E-state index is 11.7. The Hall–Kier alpha value is -2.67. The van der Waals surface area contributed by atoms with Crippen molar-refractivity contribution in [3.05, 3.63) is 41.7 Å². The zero-order valence-corrected chi connectivity index (χ0v) is 11.3. The second-order valence-corrected chi connectivity index (χ2v) is 3.98. The van der Waals surface area contributed by atoms with Crippen LogP contribution in [0.2, 0.25) is 0 Å². The van der Waals surface area contributed by atoms with E-state index in [0.717, 1.165) is 0 Å². The average molecular weight is 270 g/mol. The first-order valence-electron chi connectivity index (χ1n) is 6.11. The lowest BCUT2D eigenvalue weighted by molar-refractivity contribution is 0.0600. The van der Waals surface area contributed by atoms with Crippen LogP contribution in [0.1, 0.15) is 23.0 Å². The molecule has 0 aliphatic heterocycles. The van der Waals surface area contributed by atoms with Crippen molar-refractivity contribution in [2.75, 3.05) is 13.7 Å². The van der Waals surface area contributed by atoms with Crippen molar-refractivity contribution < 1.29 is 18.7 Å². The van der Waals surface area contributed by atoms with Crippen LogP contribution in [0.4, 0.5) is 0 Å². The Morgan fingerprint density at radius 3 is 2.75 bits per heavy atom. The highest BCUT2D eigenvalue weighted by molar-refractivity contribution is 5.91. The summed E-state index contributed by atoms with van der Waals surface area (Å²) in [6.45, 7) is 2.37. The summed E-state index contributed by atoms with van der Waals surface area (Å²) < 4.78 is 15.7. The Labute approximate surface area is 117 Å². The van der Waals surface area contributed by atoms with E-state index in [9.17, 15) is 4.79 Å². The van der Waals surface area contributed by atoms with Crippen molar-refractivity contribution in [3.63, 3.8) is 0 Å². The third-order valence-corrected chi connectivity index (χ3v) is 2.67. The van der Waals surface area contributed by atoms with Crippen LogP contribution < -0.4 is 4.74 Å². The lowest BCUT2D eigenvalue weighted by Crippen LogP contribution is -2.02. The Bertz CT molecular complexity index is 661. The predicted molar refractivity (Wildman–Crippen MR) is 74.6 cm³/mol. The summed E-state index contributed by atoms with van der Waals surface area (Å²) in [6, 6.07) is 8.54. The maximum absolute atomic E-state index is 11.7. The molecule has 20 heavy (non-hydrogen) atoms. The molecule has 0 aliphatic rings. The average Bonchev–Trinajstić information content (AvgIpc) is 2.95. The number of esters is 1. The molecular formula is C16H14O4. The first-order chi connectivity index (χ1) is 9.67. The molecule has 0 aliphatic carbocycles. The van der Waals surface area contributed by atoms with Gasteiger partial charge in [-0.1, -0.05) is 0 Å². The van der Waals surface area contributed by atoms with Gasteiger partial charge in [0.05, 0.1) is 19.3 Å². The van der Waals surface area contributed by atoms with E-state index in [-0.39, 0.29) is 0 Å². The molecule has 4 heteroatoms. The lowest BCUT2D eigenvalue weighted by Gasteiger charge is -2.08. The fraction of sp³-hybridized carbons (Fsp3) is 0.188. The summed E-state index contributed by atoms with van der Waals surface area (Å²) in [4.78, 5) is 11.7.